The third kappa shape index (κ3) is 2.60. The Bertz CT molecular complexity index is 252. The van der Waals surface area contributed by atoms with Crippen LogP contribution < -0.4 is 5.32 Å². The van der Waals surface area contributed by atoms with Crippen LogP contribution in [0.5, 0.6) is 0 Å². The first-order valence-corrected chi connectivity index (χ1v) is 8.20. The van der Waals surface area contributed by atoms with Crippen molar-refractivity contribution in [2.75, 3.05) is 19.6 Å². The van der Waals surface area contributed by atoms with Crippen LogP contribution in [0.3, 0.4) is 0 Å². The molecule has 0 unspecified atom stereocenters. The third-order valence-electron chi connectivity index (χ3n) is 5.62. The zero-order chi connectivity index (χ0) is 13.1. The highest BCUT2D eigenvalue weighted by Crippen LogP contribution is 2.38. The fraction of sp³-hybridized carbons (Fsp3) is 1.00. The zero-order valence-corrected chi connectivity index (χ0v) is 12.7. The molecule has 2 fully saturated rings. The fourth-order valence-corrected chi connectivity index (χ4v) is 4.05. The van der Waals surface area contributed by atoms with Crippen molar-refractivity contribution in [1.82, 2.24) is 10.2 Å². The molecule has 1 N–H and O–H groups in total. The van der Waals surface area contributed by atoms with Crippen molar-refractivity contribution in [3.05, 3.63) is 0 Å². The summed E-state index contributed by atoms with van der Waals surface area (Å²) in [7, 11) is 0. The van der Waals surface area contributed by atoms with Gasteiger partial charge in [-0.2, -0.15) is 0 Å². The minimum Gasteiger partial charge on any atom is -0.308 e. The molecule has 0 aromatic carbocycles. The number of nitrogens with one attached hydrogen (secondary N) is 1. The molecule has 1 spiro atoms. The van der Waals surface area contributed by atoms with Gasteiger partial charge in [0.25, 0.3) is 0 Å². The molecule has 2 aliphatic rings. The van der Waals surface area contributed by atoms with E-state index < -0.39 is 0 Å². The van der Waals surface area contributed by atoms with Gasteiger partial charge in [-0.05, 0) is 38.6 Å². The summed E-state index contributed by atoms with van der Waals surface area (Å²) in [5, 5.41) is 3.95. The van der Waals surface area contributed by atoms with E-state index in [1.54, 1.807) is 0 Å². The molecule has 1 aliphatic heterocycles. The first-order valence-electron chi connectivity index (χ1n) is 8.20. The van der Waals surface area contributed by atoms with Gasteiger partial charge < -0.3 is 5.32 Å². The summed E-state index contributed by atoms with van der Waals surface area (Å²) in [4.78, 5) is 2.85. The predicted molar refractivity (Wildman–Crippen MR) is 79.0 cm³/mol. The molecule has 2 nitrogen and oxygen atoms in total. The Hall–Kier alpha value is -0.0800. The van der Waals surface area contributed by atoms with Gasteiger partial charge in [0, 0.05) is 24.2 Å². The van der Waals surface area contributed by atoms with Crippen molar-refractivity contribution in [1.29, 1.82) is 0 Å². The van der Waals surface area contributed by atoms with E-state index in [1.165, 1.54) is 71.0 Å². The Kier molecular flexibility index (Phi) is 4.71. The van der Waals surface area contributed by atoms with Gasteiger partial charge in [-0.15, -0.1) is 0 Å². The molecule has 1 heterocycles. The third-order valence-corrected chi connectivity index (χ3v) is 5.62. The quantitative estimate of drug-likeness (QED) is 0.805. The number of nitrogens with zero attached hydrogens (tertiary/aromatic N) is 1. The molecular formula is C16H32N2. The highest BCUT2D eigenvalue weighted by Gasteiger charge is 2.46. The number of rotatable bonds is 5. The van der Waals surface area contributed by atoms with Gasteiger partial charge in [-0.25, -0.2) is 0 Å². The van der Waals surface area contributed by atoms with Crippen LogP contribution in [0.1, 0.15) is 72.1 Å². The van der Waals surface area contributed by atoms with Crippen molar-refractivity contribution in [2.24, 2.45) is 0 Å². The molecule has 0 atom stereocenters. The molecular weight excluding hydrogens is 220 g/mol. The summed E-state index contributed by atoms with van der Waals surface area (Å²) in [6, 6.07) is 0. The van der Waals surface area contributed by atoms with E-state index in [4.69, 9.17) is 0 Å². The zero-order valence-electron chi connectivity index (χ0n) is 12.7. The van der Waals surface area contributed by atoms with Crippen LogP contribution in [0.2, 0.25) is 0 Å². The average Bonchev–Trinajstić information content (AvgIpc) is 2.86. The van der Waals surface area contributed by atoms with E-state index >= 15 is 0 Å². The Balaban J connectivity index is 2.09. The lowest BCUT2D eigenvalue weighted by molar-refractivity contribution is -0.000882. The topological polar surface area (TPSA) is 15.3 Å². The number of unbranched alkanes of at least 4 members (excludes halogenated alkanes) is 1. The molecule has 0 aromatic heterocycles. The minimum absolute atomic E-state index is 0.434. The molecule has 1 saturated carbocycles. The van der Waals surface area contributed by atoms with E-state index in [2.05, 4.69) is 31.0 Å². The van der Waals surface area contributed by atoms with Gasteiger partial charge in [-0.1, -0.05) is 40.0 Å². The summed E-state index contributed by atoms with van der Waals surface area (Å²) in [5.41, 5.74) is 0.907. The number of hydrogen-bond acceptors (Lipinski definition) is 2. The van der Waals surface area contributed by atoms with Crippen LogP contribution in [0.4, 0.5) is 0 Å². The Morgan fingerprint density at radius 2 is 1.72 bits per heavy atom. The van der Waals surface area contributed by atoms with E-state index in [0.717, 1.165) is 0 Å². The van der Waals surface area contributed by atoms with Crippen molar-refractivity contribution < 1.29 is 0 Å². The maximum Gasteiger partial charge on any atom is 0.0329 e. The second-order valence-electron chi connectivity index (χ2n) is 6.55. The van der Waals surface area contributed by atoms with Crippen LogP contribution in [0.15, 0.2) is 0 Å². The molecule has 0 aromatic rings. The lowest BCUT2D eigenvalue weighted by Gasteiger charge is -2.54. The first kappa shape index (κ1) is 14.3. The highest BCUT2D eigenvalue weighted by atomic mass is 15.3. The monoisotopic (exact) mass is 252 g/mol. The molecule has 0 radical (unpaired) electrons. The van der Waals surface area contributed by atoms with Crippen LogP contribution in [0.25, 0.3) is 0 Å². The van der Waals surface area contributed by atoms with Gasteiger partial charge in [0.05, 0.1) is 0 Å². The summed E-state index contributed by atoms with van der Waals surface area (Å²) in [6.07, 6.45) is 10.9. The van der Waals surface area contributed by atoms with Crippen molar-refractivity contribution in [3.63, 3.8) is 0 Å². The molecule has 106 valence electrons. The lowest BCUT2D eigenvalue weighted by atomic mass is 9.82. The maximum absolute atomic E-state index is 3.95. The predicted octanol–water partition coefficient (Wildman–Crippen LogP) is 3.56. The molecule has 2 rings (SSSR count). The van der Waals surface area contributed by atoms with E-state index in [-0.39, 0.29) is 0 Å². The lowest BCUT2D eigenvalue weighted by Crippen LogP contribution is -2.69. The number of piperazine rings is 1. The van der Waals surface area contributed by atoms with Gasteiger partial charge in [0.2, 0.25) is 0 Å². The average molecular weight is 252 g/mol. The molecule has 2 heteroatoms. The SMILES string of the molecule is CCCCN1CC2(CCCC2)NCC1(CC)CC. The Labute approximate surface area is 114 Å². The summed E-state index contributed by atoms with van der Waals surface area (Å²) in [6.45, 7) is 10.9. The van der Waals surface area contributed by atoms with Crippen molar-refractivity contribution in [3.8, 4) is 0 Å². The first-order chi connectivity index (χ1) is 8.70. The maximum atomic E-state index is 3.95. The summed E-state index contributed by atoms with van der Waals surface area (Å²) < 4.78 is 0. The van der Waals surface area contributed by atoms with Gasteiger partial charge in [-0.3, -0.25) is 4.90 Å². The number of hydrogen-bond donors (Lipinski definition) is 1. The smallest absolute Gasteiger partial charge is 0.0329 e. The van der Waals surface area contributed by atoms with Gasteiger partial charge in [0.15, 0.2) is 0 Å². The molecule has 0 amide bonds. The Morgan fingerprint density at radius 3 is 2.28 bits per heavy atom. The van der Waals surface area contributed by atoms with E-state index in [9.17, 15) is 0 Å². The second kappa shape index (κ2) is 5.92. The Morgan fingerprint density at radius 1 is 1.06 bits per heavy atom. The fourth-order valence-electron chi connectivity index (χ4n) is 4.05. The normalized spacial score (nSPS) is 26.8. The van der Waals surface area contributed by atoms with Crippen LogP contribution in [-0.2, 0) is 0 Å². The van der Waals surface area contributed by atoms with Crippen LogP contribution >= 0.6 is 0 Å². The van der Waals surface area contributed by atoms with E-state index in [1.807, 2.05) is 0 Å². The summed E-state index contributed by atoms with van der Waals surface area (Å²) in [5.74, 6) is 0. The molecule has 0 bridgehead atoms. The van der Waals surface area contributed by atoms with Crippen LogP contribution in [0, 0.1) is 0 Å². The second-order valence-corrected chi connectivity index (χ2v) is 6.55. The van der Waals surface area contributed by atoms with Gasteiger partial charge >= 0.3 is 0 Å². The van der Waals surface area contributed by atoms with Gasteiger partial charge in [0.1, 0.15) is 0 Å². The molecule has 18 heavy (non-hydrogen) atoms. The van der Waals surface area contributed by atoms with Crippen molar-refractivity contribution >= 4 is 0 Å². The highest BCUT2D eigenvalue weighted by molar-refractivity contribution is 5.06. The minimum atomic E-state index is 0.434. The summed E-state index contributed by atoms with van der Waals surface area (Å²) >= 11 is 0. The molecule has 1 aliphatic carbocycles. The largest absolute Gasteiger partial charge is 0.308 e. The van der Waals surface area contributed by atoms with Crippen LogP contribution in [-0.4, -0.2) is 35.6 Å². The molecule has 1 saturated heterocycles. The van der Waals surface area contributed by atoms with E-state index in [0.29, 0.717) is 11.1 Å². The van der Waals surface area contributed by atoms with Crippen molar-refractivity contribution in [2.45, 2.75) is 83.2 Å². The standard InChI is InChI=1S/C16H32N2/c1-4-7-12-18-14-15(10-8-9-11-15)17-13-16(18,5-2)6-3/h17H,4-14H2,1-3H3.